The van der Waals surface area contributed by atoms with Crippen molar-refractivity contribution in [3.8, 4) is 0 Å². The monoisotopic (exact) mass is 314 g/mol. The first-order valence-corrected chi connectivity index (χ1v) is 8.66. The van der Waals surface area contributed by atoms with Crippen LogP contribution in [0.2, 0.25) is 0 Å². The predicted octanol–water partition coefficient (Wildman–Crippen LogP) is 0.780. The summed E-state index contributed by atoms with van der Waals surface area (Å²) in [5.41, 5.74) is 0.674. The average Bonchev–Trinajstić information content (AvgIpc) is 2.37. The smallest absolute Gasteiger partial charge is 0.222 e. The minimum absolute atomic E-state index is 0.0191. The molecule has 1 heterocycles. The van der Waals surface area contributed by atoms with Crippen molar-refractivity contribution < 1.29 is 17.6 Å². The molecule has 0 aliphatic carbocycles. The van der Waals surface area contributed by atoms with Gasteiger partial charge in [-0.1, -0.05) is 12.1 Å². The van der Waals surface area contributed by atoms with Crippen LogP contribution >= 0.6 is 0 Å². The summed E-state index contributed by atoms with van der Waals surface area (Å²) >= 11 is 0. The molecule has 1 aromatic carbocycles. The lowest BCUT2D eigenvalue weighted by Crippen LogP contribution is -2.47. The highest BCUT2D eigenvalue weighted by Gasteiger charge is 2.26. The number of benzene rings is 1. The largest absolute Gasteiger partial charge is 0.350 e. The van der Waals surface area contributed by atoms with E-state index in [1.807, 2.05) is 0 Å². The lowest BCUT2D eigenvalue weighted by molar-refractivity contribution is -0.122. The Balaban J connectivity index is 1.89. The van der Waals surface area contributed by atoms with E-state index >= 15 is 0 Å². The Kier molecular flexibility index (Phi) is 4.95. The standard InChI is InChI=1S/C14H19FN2O3S/c1-10(11-3-2-4-12(15)7-11)17-14(18)8-13-9-21(19,20)6-5-16-13/h2-4,7,10,13,16H,5-6,8-9H2,1H3,(H,17,18). The van der Waals surface area contributed by atoms with Gasteiger partial charge in [0, 0.05) is 19.0 Å². The predicted molar refractivity (Wildman–Crippen MR) is 78.0 cm³/mol. The Morgan fingerprint density at radius 2 is 2.29 bits per heavy atom. The summed E-state index contributed by atoms with van der Waals surface area (Å²) < 4.78 is 36.2. The fourth-order valence-corrected chi connectivity index (χ4v) is 3.83. The molecule has 2 N–H and O–H groups in total. The summed E-state index contributed by atoms with van der Waals surface area (Å²) in [6.07, 6.45) is 0.0961. The van der Waals surface area contributed by atoms with Gasteiger partial charge in [-0.25, -0.2) is 12.8 Å². The maximum atomic E-state index is 13.1. The Labute approximate surface area is 123 Å². The van der Waals surface area contributed by atoms with E-state index in [2.05, 4.69) is 10.6 Å². The van der Waals surface area contributed by atoms with E-state index in [4.69, 9.17) is 0 Å². The molecule has 116 valence electrons. The number of carbonyl (C=O) groups excluding carboxylic acids is 1. The highest BCUT2D eigenvalue weighted by atomic mass is 32.2. The van der Waals surface area contributed by atoms with E-state index in [-0.39, 0.29) is 41.7 Å². The number of carbonyl (C=O) groups is 1. The molecule has 21 heavy (non-hydrogen) atoms. The number of sulfone groups is 1. The summed E-state index contributed by atoms with van der Waals surface area (Å²) in [5, 5.41) is 5.79. The van der Waals surface area contributed by atoms with Crippen LogP contribution in [0.25, 0.3) is 0 Å². The van der Waals surface area contributed by atoms with Gasteiger partial charge in [-0.2, -0.15) is 0 Å². The minimum atomic E-state index is -3.06. The van der Waals surface area contributed by atoms with E-state index in [1.165, 1.54) is 12.1 Å². The molecule has 0 bridgehead atoms. The summed E-state index contributed by atoms with van der Waals surface area (Å²) in [7, 11) is -3.06. The molecule has 1 fully saturated rings. The molecule has 1 aliphatic rings. The van der Waals surface area contributed by atoms with Crippen molar-refractivity contribution in [1.29, 1.82) is 0 Å². The zero-order valence-corrected chi connectivity index (χ0v) is 12.6. The van der Waals surface area contributed by atoms with E-state index < -0.39 is 9.84 Å². The van der Waals surface area contributed by atoms with Crippen LogP contribution in [0.4, 0.5) is 4.39 Å². The Hall–Kier alpha value is -1.47. The van der Waals surface area contributed by atoms with Crippen LogP contribution in [0.3, 0.4) is 0 Å². The van der Waals surface area contributed by atoms with Crippen molar-refractivity contribution in [2.24, 2.45) is 0 Å². The lowest BCUT2D eigenvalue weighted by Gasteiger charge is -2.24. The minimum Gasteiger partial charge on any atom is -0.350 e. The maximum Gasteiger partial charge on any atom is 0.222 e. The number of hydrogen-bond donors (Lipinski definition) is 2. The number of rotatable bonds is 4. The van der Waals surface area contributed by atoms with Gasteiger partial charge in [-0.05, 0) is 24.6 Å². The molecule has 5 nitrogen and oxygen atoms in total. The third-order valence-electron chi connectivity index (χ3n) is 3.46. The number of halogens is 1. The van der Waals surface area contributed by atoms with Crippen molar-refractivity contribution in [3.63, 3.8) is 0 Å². The Morgan fingerprint density at radius 1 is 1.52 bits per heavy atom. The summed E-state index contributed by atoms with van der Waals surface area (Å²) in [4.78, 5) is 12.0. The second-order valence-corrected chi connectivity index (χ2v) is 7.54. The van der Waals surface area contributed by atoms with Crippen LogP contribution in [0.5, 0.6) is 0 Å². The second kappa shape index (κ2) is 6.53. The normalized spacial score (nSPS) is 22.5. The van der Waals surface area contributed by atoms with Crippen LogP contribution in [0.1, 0.15) is 24.9 Å². The fourth-order valence-electron chi connectivity index (χ4n) is 2.38. The molecule has 1 saturated heterocycles. The van der Waals surface area contributed by atoms with Crippen LogP contribution in [0.15, 0.2) is 24.3 Å². The van der Waals surface area contributed by atoms with Crippen molar-refractivity contribution in [1.82, 2.24) is 10.6 Å². The summed E-state index contributed by atoms with van der Waals surface area (Å²) in [6, 6.07) is 5.35. The average molecular weight is 314 g/mol. The fraction of sp³-hybridized carbons (Fsp3) is 0.500. The number of hydrogen-bond acceptors (Lipinski definition) is 4. The molecule has 0 saturated carbocycles. The van der Waals surface area contributed by atoms with Crippen LogP contribution in [-0.2, 0) is 14.6 Å². The molecular formula is C14H19FN2O3S. The van der Waals surface area contributed by atoms with Gasteiger partial charge in [-0.15, -0.1) is 0 Å². The van der Waals surface area contributed by atoms with Crippen molar-refractivity contribution in [2.75, 3.05) is 18.1 Å². The molecule has 2 unspecified atom stereocenters. The molecule has 0 aromatic heterocycles. The molecule has 7 heteroatoms. The topological polar surface area (TPSA) is 75.3 Å². The Bertz CT molecular complexity index is 618. The van der Waals surface area contributed by atoms with Gasteiger partial charge in [0.2, 0.25) is 5.91 Å². The molecule has 0 spiro atoms. The van der Waals surface area contributed by atoms with E-state index in [9.17, 15) is 17.6 Å². The molecule has 0 radical (unpaired) electrons. The van der Waals surface area contributed by atoms with Crippen LogP contribution < -0.4 is 10.6 Å². The van der Waals surface area contributed by atoms with Gasteiger partial charge in [0.25, 0.3) is 0 Å². The Morgan fingerprint density at radius 3 is 2.95 bits per heavy atom. The quantitative estimate of drug-likeness (QED) is 0.861. The van der Waals surface area contributed by atoms with E-state index in [1.54, 1.807) is 19.1 Å². The van der Waals surface area contributed by atoms with Gasteiger partial charge in [0.15, 0.2) is 9.84 Å². The maximum absolute atomic E-state index is 13.1. The molecule has 2 rings (SSSR count). The first-order valence-electron chi connectivity index (χ1n) is 6.84. The molecule has 1 aliphatic heterocycles. The first kappa shape index (κ1) is 15.9. The zero-order valence-electron chi connectivity index (χ0n) is 11.8. The van der Waals surface area contributed by atoms with Gasteiger partial charge >= 0.3 is 0 Å². The SMILES string of the molecule is CC(NC(=O)CC1CS(=O)(=O)CCN1)c1cccc(F)c1. The van der Waals surface area contributed by atoms with Crippen molar-refractivity contribution in [3.05, 3.63) is 35.6 Å². The molecule has 2 atom stereocenters. The molecule has 1 amide bonds. The number of nitrogens with one attached hydrogen (secondary N) is 2. The van der Waals surface area contributed by atoms with Crippen LogP contribution in [0, 0.1) is 5.82 Å². The highest BCUT2D eigenvalue weighted by Crippen LogP contribution is 2.14. The van der Waals surface area contributed by atoms with E-state index in [0.717, 1.165) is 0 Å². The van der Waals surface area contributed by atoms with Crippen molar-refractivity contribution >= 4 is 15.7 Å². The van der Waals surface area contributed by atoms with Crippen LogP contribution in [-0.4, -0.2) is 38.4 Å². The summed E-state index contributed by atoms with van der Waals surface area (Å²) in [6.45, 7) is 2.14. The first-order chi connectivity index (χ1) is 9.85. The lowest BCUT2D eigenvalue weighted by atomic mass is 10.1. The molecule has 1 aromatic rings. The summed E-state index contributed by atoms with van der Waals surface area (Å²) in [5.74, 6) is -0.505. The highest BCUT2D eigenvalue weighted by molar-refractivity contribution is 7.91. The number of amides is 1. The van der Waals surface area contributed by atoms with Crippen molar-refractivity contribution in [2.45, 2.75) is 25.4 Å². The van der Waals surface area contributed by atoms with Gasteiger partial charge in [0.1, 0.15) is 5.82 Å². The third kappa shape index (κ3) is 4.78. The zero-order chi connectivity index (χ0) is 15.5. The third-order valence-corrected chi connectivity index (χ3v) is 5.20. The van der Waals surface area contributed by atoms with Gasteiger partial charge < -0.3 is 10.6 Å². The second-order valence-electron chi connectivity index (χ2n) is 5.31. The van der Waals surface area contributed by atoms with Gasteiger partial charge in [-0.3, -0.25) is 4.79 Å². The van der Waals surface area contributed by atoms with E-state index in [0.29, 0.717) is 12.1 Å². The van der Waals surface area contributed by atoms with Gasteiger partial charge in [0.05, 0.1) is 17.5 Å². The molecular weight excluding hydrogens is 295 g/mol.